The van der Waals surface area contributed by atoms with Crippen molar-refractivity contribution >= 4 is 44.3 Å². The van der Waals surface area contributed by atoms with E-state index in [2.05, 4.69) is 25.2 Å². The smallest absolute Gasteiger partial charge is 0.346 e. The van der Waals surface area contributed by atoms with Gasteiger partial charge in [-0.2, -0.15) is 32.1 Å². The van der Waals surface area contributed by atoms with E-state index in [4.69, 9.17) is 11.6 Å². The number of aryl methyl sites for hydroxylation is 1. The van der Waals surface area contributed by atoms with Crippen molar-refractivity contribution in [1.82, 2.24) is 29.9 Å². The van der Waals surface area contributed by atoms with E-state index in [0.717, 1.165) is 18.4 Å². The number of rotatable bonds is 9. The fraction of sp³-hybridized carbons (Fsp3) is 0.333. The summed E-state index contributed by atoms with van der Waals surface area (Å²) in [5, 5.41) is 10.6. The van der Waals surface area contributed by atoms with Gasteiger partial charge >= 0.3 is 6.18 Å². The molecule has 7 rings (SSSR count). The molecule has 1 amide bonds. The van der Waals surface area contributed by atoms with Crippen molar-refractivity contribution in [1.29, 1.82) is 0 Å². The highest BCUT2D eigenvalue weighted by molar-refractivity contribution is 7.92. The van der Waals surface area contributed by atoms with Gasteiger partial charge in [-0.05, 0) is 61.1 Å². The van der Waals surface area contributed by atoms with E-state index in [0.29, 0.717) is 32.8 Å². The Kier molecular flexibility index (Phi) is 8.55. The molecule has 10 nitrogen and oxygen atoms in total. The Balaban J connectivity index is 1.32. The monoisotopic (exact) mass is 769 g/mol. The number of nitrogens with one attached hydrogen (secondary N) is 2. The molecule has 3 aromatic heterocycles. The van der Waals surface area contributed by atoms with Crippen LogP contribution in [0, 0.1) is 17.6 Å². The molecule has 2 N–H and O–H groups in total. The predicted molar refractivity (Wildman–Crippen MR) is 175 cm³/mol. The van der Waals surface area contributed by atoms with Crippen molar-refractivity contribution in [2.75, 3.05) is 11.0 Å². The minimum Gasteiger partial charge on any atom is -0.346 e. The Morgan fingerprint density at radius 2 is 1.77 bits per heavy atom. The molecule has 19 heteroatoms. The van der Waals surface area contributed by atoms with Crippen molar-refractivity contribution in [3.8, 4) is 11.1 Å². The summed E-state index contributed by atoms with van der Waals surface area (Å²) in [5.41, 5.74) is -1.86. The highest BCUT2D eigenvalue weighted by Crippen LogP contribution is 2.64. The first-order chi connectivity index (χ1) is 24.3. The molecule has 2 aromatic carbocycles. The van der Waals surface area contributed by atoms with Crippen LogP contribution in [0.15, 0.2) is 48.5 Å². The molecule has 0 spiro atoms. The summed E-state index contributed by atoms with van der Waals surface area (Å²) in [7, 11) is -2.19. The normalized spacial score (nSPS) is 18.5. The number of para-hydroxylation sites is 1. The average molecular weight is 770 g/mol. The first-order valence-electron chi connectivity index (χ1n) is 15.7. The average Bonchev–Trinajstić information content (AvgIpc) is 3.56. The third-order valence-electron chi connectivity index (χ3n) is 9.33. The van der Waals surface area contributed by atoms with Gasteiger partial charge in [0.25, 0.3) is 5.92 Å². The van der Waals surface area contributed by atoms with Gasteiger partial charge < -0.3 is 5.32 Å². The molecular formula is C33H27ClF7N7O3S. The van der Waals surface area contributed by atoms with E-state index >= 15 is 8.78 Å². The van der Waals surface area contributed by atoms with Crippen molar-refractivity contribution in [3.63, 3.8) is 0 Å². The maximum absolute atomic E-state index is 15.5. The molecule has 0 radical (unpaired) electrons. The van der Waals surface area contributed by atoms with E-state index < -0.39 is 81.0 Å². The van der Waals surface area contributed by atoms with Gasteiger partial charge in [-0.25, -0.2) is 22.2 Å². The molecule has 2 aliphatic carbocycles. The van der Waals surface area contributed by atoms with Gasteiger partial charge in [0.05, 0.1) is 23.5 Å². The van der Waals surface area contributed by atoms with Gasteiger partial charge in [-0.1, -0.05) is 23.7 Å². The Bertz CT molecular complexity index is 2360. The molecule has 0 saturated heterocycles. The maximum atomic E-state index is 15.5. The van der Waals surface area contributed by atoms with E-state index in [1.807, 2.05) is 0 Å². The third kappa shape index (κ3) is 6.35. The van der Waals surface area contributed by atoms with Gasteiger partial charge in [0.1, 0.15) is 29.0 Å². The highest BCUT2D eigenvalue weighted by atomic mass is 35.5. The number of alkyl halides is 5. The Morgan fingerprint density at radius 3 is 2.40 bits per heavy atom. The highest BCUT2D eigenvalue weighted by Gasteiger charge is 2.63. The molecular weight excluding hydrogens is 743 g/mol. The van der Waals surface area contributed by atoms with Gasteiger partial charge in [0, 0.05) is 41.1 Å². The molecule has 52 heavy (non-hydrogen) atoms. The summed E-state index contributed by atoms with van der Waals surface area (Å²) in [6, 6.07) is 9.15. The van der Waals surface area contributed by atoms with Gasteiger partial charge in [0.2, 0.25) is 15.9 Å². The van der Waals surface area contributed by atoms with Crippen LogP contribution < -0.4 is 10.0 Å². The zero-order valence-corrected chi connectivity index (χ0v) is 28.6. The molecule has 0 aliphatic heterocycles. The van der Waals surface area contributed by atoms with Crippen LogP contribution in [0.1, 0.15) is 53.0 Å². The standard InChI is InChI=1S/C33H27ClF7N7O3S/c1-47-28-19(4-3-5-21(28)31(45-47)46-52(2,50)51)18-7-9-24(34)43-27(18)23(12-15-10-16(35)13-17(36)11-15)42-25(49)14-48-30-26(29(44-48)33(39,40)41)20-6-8-22(20)32(30,37)38/h3-5,7,9-11,13,20,22-23H,6,8,12,14H2,1-2H3,(H,42,49)(H,45,46)/t20-,22+,23-/m0/s1. The lowest BCUT2D eigenvalue weighted by Crippen LogP contribution is -2.36. The number of nitrogens with zero attached hydrogens (tertiary/aromatic N) is 5. The summed E-state index contributed by atoms with van der Waals surface area (Å²) in [4.78, 5) is 18.1. The molecule has 1 fully saturated rings. The molecule has 0 unspecified atom stereocenters. The lowest BCUT2D eigenvalue weighted by Gasteiger charge is -2.34. The molecule has 3 heterocycles. The largest absolute Gasteiger partial charge is 0.435 e. The van der Waals surface area contributed by atoms with Crippen LogP contribution >= 0.6 is 11.6 Å². The Labute approximate surface area is 296 Å². The molecule has 5 aromatic rings. The van der Waals surface area contributed by atoms with Gasteiger partial charge in [-0.3, -0.25) is 18.9 Å². The number of carbonyl (C=O) groups is 1. The number of aromatic nitrogens is 5. The second-order valence-electron chi connectivity index (χ2n) is 12.9. The van der Waals surface area contributed by atoms with Crippen molar-refractivity contribution in [3.05, 3.63) is 93.5 Å². The number of anilines is 1. The van der Waals surface area contributed by atoms with Gasteiger partial charge in [0.15, 0.2) is 11.5 Å². The minimum absolute atomic E-state index is 0.0144. The number of hydrogen-bond donors (Lipinski definition) is 2. The number of halogens is 8. The van der Waals surface area contributed by atoms with Crippen molar-refractivity contribution in [2.24, 2.45) is 13.0 Å². The number of pyridine rings is 1. The third-order valence-corrected chi connectivity index (χ3v) is 10.1. The quantitative estimate of drug-likeness (QED) is 0.125. The number of fused-ring (bicyclic) bond motifs is 4. The van der Waals surface area contributed by atoms with E-state index in [-0.39, 0.29) is 41.5 Å². The number of benzene rings is 2. The van der Waals surface area contributed by atoms with E-state index in [1.165, 1.54) is 16.8 Å². The first kappa shape index (κ1) is 35.7. The molecule has 3 atom stereocenters. The van der Waals surface area contributed by atoms with Crippen LogP contribution in [0.4, 0.5) is 36.6 Å². The summed E-state index contributed by atoms with van der Waals surface area (Å²) < 4.78 is 130. The number of sulfonamides is 1. The zero-order valence-electron chi connectivity index (χ0n) is 27.1. The number of carbonyl (C=O) groups excluding carboxylic acids is 1. The Morgan fingerprint density at radius 1 is 1.06 bits per heavy atom. The summed E-state index contributed by atoms with van der Waals surface area (Å²) in [6.07, 6.45) is -4.30. The lowest BCUT2D eigenvalue weighted by molar-refractivity contribution is -0.144. The van der Waals surface area contributed by atoms with Crippen LogP contribution in [0.3, 0.4) is 0 Å². The molecule has 0 bridgehead atoms. The summed E-state index contributed by atoms with van der Waals surface area (Å²) in [5.74, 6) is -8.96. The Hall–Kier alpha value is -4.71. The molecule has 2 aliphatic rings. The van der Waals surface area contributed by atoms with Crippen LogP contribution in [0.2, 0.25) is 5.15 Å². The molecule has 1 saturated carbocycles. The molecule has 274 valence electrons. The fourth-order valence-corrected chi connectivity index (χ4v) is 7.92. The SMILES string of the molecule is Cn1nc(NS(C)(=O)=O)c2cccc(-c3ccc(Cl)nc3[C@H](Cc3cc(F)cc(F)c3)NC(=O)Cn3nc(C(F)(F)F)c4c3C(F)(F)[C@@H]3CC[C@H]43)c21. The number of hydrogen-bond acceptors (Lipinski definition) is 6. The van der Waals surface area contributed by atoms with Crippen molar-refractivity contribution < 1.29 is 43.9 Å². The summed E-state index contributed by atoms with van der Waals surface area (Å²) >= 11 is 6.33. The van der Waals surface area contributed by atoms with E-state index in [1.54, 1.807) is 25.2 Å². The second kappa shape index (κ2) is 12.5. The fourth-order valence-electron chi connectivity index (χ4n) is 7.26. The number of amides is 1. The summed E-state index contributed by atoms with van der Waals surface area (Å²) in [6.45, 7) is -1.05. The van der Waals surface area contributed by atoms with Crippen LogP contribution in [0.5, 0.6) is 0 Å². The first-order valence-corrected chi connectivity index (χ1v) is 18.0. The maximum Gasteiger partial charge on any atom is 0.435 e. The van der Waals surface area contributed by atoms with Crippen LogP contribution in [0.25, 0.3) is 22.0 Å². The van der Waals surface area contributed by atoms with Crippen molar-refractivity contribution in [2.45, 2.75) is 49.9 Å². The van der Waals surface area contributed by atoms with Crippen LogP contribution in [-0.2, 0) is 46.9 Å². The zero-order chi connectivity index (χ0) is 37.5. The van der Waals surface area contributed by atoms with E-state index in [9.17, 15) is 35.2 Å². The minimum atomic E-state index is -5.06. The topological polar surface area (TPSA) is 124 Å². The lowest BCUT2D eigenvalue weighted by atomic mass is 9.73. The second-order valence-corrected chi connectivity index (χ2v) is 15.0. The predicted octanol–water partition coefficient (Wildman–Crippen LogP) is 6.85. The van der Waals surface area contributed by atoms with Gasteiger partial charge in [-0.15, -0.1) is 0 Å². The van der Waals surface area contributed by atoms with Crippen LogP contribution in [-0.4, -0.2) is 45.1 Å².